The molecule has 0 radical (unpaired) electrons. The maximum Gasteiger partial charge on any atom is 0.252 e. The Balaban J connectivity index is 2.19. The molecule has 0 aliphatic heterocycles. The summed E-state index contributed by atoms with van der Waals surface area (Å²) >= 11 is 0. The summed E-state index contributed by atoms with van der Waals surface area (Å²) in [6.07, 6.45) is 0.742. The normalized spacial score (nSPS) is 11.8. The lowest BCUT2D eigenvalue weighted by Crippen LogP contribution is -2.31. The van der Waals surface area contributed by atoms with E-state index in [1.54, 1.807) is 6.07 Å². The number of ether oxygens (including phenoxy) is 1. The third-order valence-electron chi connectivity index (χ3n) is 3.55. The van der Waals surface area contributed by atoms with E-state index in [-0.39, 0.29) is 17.9 Å². The van der Waals surface area contributed by atoms with Gasteiger partial charge in [0.15, 0.2) is 0 Å². The Morgan fingerprint density at radius 1 is 1.28 bits per heavy atom. The molecule has 6 nitrogen and oxygen atoms in total. The van der Waals surface area contributed by atoms with Crippen molar-refractivity contribution in [1.29, 1.82) is 0 Å². The molecule has 0 spiro atoms. The number of rotatable bonds is 7. The predicted molar refractivity (Wildman–Crippen MR) is 90.9 cm³/mol. The first-order valence-electron chi connectivity index (χ1n) is 7.90. The molecule has 0 unspecified atom stereocenters. The van der Waals surface area contributed by atoms with Gasteiger partial charge in [0.05, 0.1) is 12.3 Å². The molecule has 2 amide bonds. The van der Waals surface area contributed by atoms with E-state index < -0.39 is 23.7 Å². The first kappa shape index (κ1) is 18.7. The highest BCUT2D eigenvalue weighted by Crippen LogP contribution is 2.20. The van der Waals surface area contributed by atoms with Crippen LogP contribution in [0, 0.1) is 5.82 Å². The average Bonchev–Trinajstić information content (AvgIpc) is 3.05. The van der Waals surface area contributed by atoms with Crippen molar-refractivity contribution >= 4 is 17.5 Å². The minimum absolute atomic E-state index is 0.0466. The van der Waals surface area contributed by atoms with E-state index in [1.165, 1.54) is 26.2 Å². The van der Waals surface area contributed by atoms with Crippen LogP contribution in [0.3, 0.4) is 0 Å². The van der Waals surface area contributed by atoms with Crippen LogP contribution in [0.5, 0.6) is 0 Å². The van der Waals surface area contributed by atoms with Crippen LogP contribution in [0.2, 0.25) is 0 Å². The van der Waals surface area contributed by atoms with Gasteiger partial charge in [-0.15, -0.1) is 0 Å². The lowest BCUT2D eigenvalue weighted by molar-refractivity contribution is -0.114. The third-order valence-corrected chi connectivity index (χ3v) is 3.55. The first-order chi connectivity index (χ1) is 11.9. The van der Waals surface area contributed by atoms with Crippen LogP contribution in [0.25, 0.3) is 0 Å². The maximum absolute atomic E-state index is 13.7. The Labute approximate surface area is 145 Å². The van der Waals surface area contributed by atoms with Crippen molar-refractivity contribution in [3.05, 3.63) is 53.2 Å². The van der Waals surface area contributed by atoms with Crippen LogP contribution < -0.4 is 10.6 Å². The fourth-order valence-corrected chi connectivity index (χ4v) is 2.33. The molecule has 1 aromatic carbocycles. The van der Waals surface area contributed by atoms with Gasteiger partial charge in [0, 0.05) is 26.0 Å². The molecular weight excluding hydrogens is 327 g/mol. The maximum atomic E-state index is 13.7. The number of carbonyl (C=O) groups is 2. The number of hydrogen-bond acceptors (Lipinski definition) is 4. The van der Waals surface area contributed by atoms with Crippen LogP contribution in [-0.2, 0) is 16.0 Å². The van der Waals surface area contributed by atoms with Crippen molar-refractivity contribution in [3.63, 3.8) is 0 Å². The number of aryl methyl sites for hydroxylation is 1. The standard InChI is InChI=1S/C18H21FN2O4/c1-4-13-6-8-17(25-13)16(10-24-3)21-18(23)12-5-7-14(19)15(9-12)20-11(2)22/h5-9,16H,4,10H2,1-3H3,(H,20,22)(H,21,23)/t16-/m0/s1. The second-order valence-corrected chi connectivity index (χ2v) is 5.51. The van der Waals surface area contributed by atoms with E-state index in [0.29, 0.717) is 5.76 Å². The number of nitrogens with one attached hydrogen (secondary N) is 2. The number of hydrogen-bond donors (Lipinski definition) is 2. The van der Waals surface area contributed by atoms with E-state index in [0.717, 1.165) is 18.2 Å². The third kappa shape index (κ3) is 4.90. The lowest BCUT2D eigenvalue weighted by Gasteiger charge is -2.16. The first-order valence-corrected chi connectivity index (χ1v) is 7.90. The summed E-state index contributed by atoms with van der Waals surface area (Å²) in [5.74, 6) is -0.0744. The summed E-state index contributed by atoms with van der Waals surface area (Å²) in [4.78, 5) is 23.6. The molecule has 1 aromatic heterocycles. The number of methoxy groups -OCH3 is 1. The Hall–Kier alpha value is -2.67. The molecule has 2 aromatic rings. The largest absolute Gasteiger partial charge is 0.464 e. The van der Waals surface area contributed by atoms with E-state index in [9.17, 15) is 14.0 Å². The smallest absolute Gasteiger partial charge is 0.252 e. The topological polar surface area (TPSA) is 80.6 Å². The number of furan rings is 1. The molecule has 2 N–H and O–H groups in total. The predicted octanol–water partition coefficient (Wildman–Crippen LogP) is 3.06. The SMILES string of the molecule is CCc1ccc([C@H](COC)NC(=O)c2ccc(F)c(NC(C)=O)c2)o1. The monoisotopic (exact) mass is 348 g/mol. The van der Waals surface area contributed by atoms with Gasteiger partial charge >= 0.3 is 0 Å². The second-order valence-electron chi connectivity index (χ2n) is 5.51. The van der Waals surface area contributed by atoms with Crippen molar-refractivity contribution < 1.29 is 23.1 Å². The van der Waals surface area contributed by atoms with Gasteiger partial charge in [-0.1, -0.05) is 6.92 Å². The van der Waals surface area contributed by atoms with Crippen molar-refractivity contribution in [2.45, 2.75) is 26.3 Å². The fourth-order valence-electron chi connectivity index (χ4n) is 2.33. The highest BCUT2D eigenvalue weighted by molar-refractivity contribution is 5.97. The van der Waals surface area contributed by atoms with E-state index in [2.05, 4.69) is 10.6 Å². The van der Waals surface area contributed by atoms with Crippen molar-refractivity contribution in [2.75, 3.05) is 19.0 Å². The highest BCUT2D eigenvalue weighted by atomic mass is 19.1. The Bertz CT molecular complexity index is 757. The highest BCUT2D eigenvalue weighted by Gasteiger charge is 2.20. The number of amides is 2. The quantitative estimate of drug-likeness (QED) is 0.806. The van der Waals surface area contributed by atoms with E-state index in [4.69, 9.17) is 9.15 Å². The van der Waals surface area contributed by atoms with Gasteiger partial charge in [-0.3, -0.25) is 9.59 Å². The van der Waals surface area contributed by atoms with Gasteiger partial charge in [0.2, 0.25) is 5.91 Å². The van der Waals surface area contributed by atoms with Crippen LogP contribution in [0.4, 0.5) is 10.1 Å². The minimum atomic E-state index is -0.612. The molecule has 1 heterocycles. The van der Waals surface area contributed by atoms with Crippen LogP contribution >= 0.6 is 0 Å². The van der Waals surface area contributed by atoms with Crippen molar-refractivity contribution in [1.82, 2.24) is 5.32 Å². The lowest BCUT2D eigenvalue weighted by atomic mass is 10.1. The van der Waals surface area contributed by atoms with Crippen LogP contribution in [0.1, 0.15) is 41.8 Å². The number of anilines is 1. The minimum Gasteiger partial charge on any atom is -0.464 e. The average molecular weight is 348 g/mol. The summed E-state index contributed by atoms with van der Waals surface area (Å²) in [7, 11) is 1.52. The number of halogens is 1. The summed E-state index contributed by atoms with van der Waals surface area (Å²) < 4.78 is 24.5. The Kier molecular flexibility index (Phi) is 6.30. The molecular formula is C18H21FN2O4. The zero-order valence-corrected chi connectivity index (χ0v) is 14.4. The molecule has 1 atom stereocenters. The van der Waals surface area contributed by atoms with Gasteiger partial charge in [-0.05, 0) is 30.3 Å². The molecule has 0 bridgehead atoms. The van der Waals surface area contributed by atoms with Crippen LogP contribution in [0.15, 0.2) is 34.7 Å². The van der Waals surface area contributed by atoms with Gasteiger partial charge in [-0.2, -0.15) is 0 Å². The zero-order valence-electron chi connectivity index (χ0n) is 14.4. The molecule has 0 saturated heterocycles. The van der Waals surface area contributed by atoms with Gasteiger partial charge in [0.1, 0.15) is 23.4 Å². The molecule has 2 rings (SSSR count). The second kappa shape index (κ2) is 8.43. The zero-order chi connectivity index (χ0) is 18.4. The summed E-state index contributed by atoms with van der Waals surface area (Å²) in [6.45, 7) is 3.46. The van der Waals surface area contributed by atoms with E-state index >= 15 is 0 Å². The fraction of sp³-hybridized carbons (Fsp3) is 0.333. The molecule has 7 heteroatoms. The number of carbonyl (C=O) groups excluding carboxylic acids is 2. The summed E-state index contributed by atoms with van der Waals surface area (Å²) in [6, 6.07) is 6.92. The molecule has 25 heavy (non-hydrogen) atoms. The Morgan fingerprint density at radius 3 is 2.64 bits per heavy atom. The number of benzene rings is 1. The molecule has 0 saturated carbocycles. The van der Waals surface area contributed by atoms with Gasteiger partial charge in [0.25, 0.3) is 5.91 Å². The van der Waals surface area contributed by atoms with Crippen molar-refractivity contribution in [3.8, 4) is 0 Å². The summed E-state index contributed by atoms with van der Waals surface area (Å²) in [5, 5.41) is 5.15. The van der Waals surface area contributed by atoms with Gasteiger partial charge in [-0.25, -0.2) is 4.39 Å². The summed E-state index contributed by atoms with van der Waals surface area (Å²) in [5.41, 5.74) is 0.170. The van der Waals surface area contributed by atoms with Gasteiger partial charge < -0.3 is 19.8 Å². The Morgan fingerprint density at radius 2 is 2.04 bits per heavy atom. The molecule has 0 fully saturated rings. The van der Waals surface area contributed by atoms with E-state index in [1.807, 2.05) is 13.0 Å². The van der Waals surface area contributed by atoms with Crippen LogP contribution in [-0.4, -0.2) is 25.5 Å². The molecule has 0 aliphatic rings. The van der Waals surface area contributed by atoms with Crippen molar-refractivity contribution in [2.24, 2.45) is 0 Å². The molecule has 134 valence electrons. The molecule has 0 aliphatic carbocycles.